The Bertz CT molecular complexity index is 909. The topological polar surface area (TPSA) is 81.4 Å². The van der Waals surface area contributed by atoms with E-state index in [4.69, 9.17) is 9.15 Å². The van der Waals surface area contributed by atoms with E-state index in [2.05, 4.69) is 10.3 Å². The van der Waals surface area contributed by atoms with Gasteiger partial charge in [0.05, 0.1) is 6.26 Å². The van der Waals surface area contributed by atoms with Crippen molar-refractivity contribution in [2.24, 2.45) is 0 Å². The molecule has 3 aromatic rings. The summed E-state index contributed by atoms with van der Waals surface area (Å²) in [5.41, 5.74) is 0.293. The van der Waals surface area contributed by atoms with Crippen LogP contribution < -0.4 is 5.32 Å². The molecule has 0 radical (unpaired) electrons. The van der Waals surface area contributed by atoms with Gasteiger partial charge in [-0.3, -0.25) is 10.1 Å². The van der Waals surface area contributed by atoms with Gasteiger partial charge in [-0.2, -0.15) is 0 Å². The number of ketones is 1. The van der Waals surface area contributed by atoms with Crippen LogP contribution in [0.25, 0.3) is 11.5 Å². The van der Waals surface area contributed by atoms with Crippen molar-refractivity contribution in [3.8, 4) is 11.5 Å². The van der Waals surface area contributed by atoms with E-state index in [1.54, 1.807) is 57.2 Å². The first kappa shape index (κ1) is 17.9. The Morgan fingerprint density at radius 1 is 1.12 bits per heavy atom. The van der Waals surface area contributed by atoms with Crippen molar-refractivity contribution in [2.75, 3.05) is 5.32 Å². The molecule has 6 nitrogen and oxygen atoms in total. The zero-order chi connectivity index (χ0) is 18.7. The third-order valence-electron chi connectivity index (χ3n) is 3.23. The lowest BCUT2D eigenvalue weighted by Crippen LogP contribution is -2.27. The molecule has 1 amide bonds. The first-order valence-corrected chi connectivity index (χ1v) is 8.79. The number of thiazole rings is 1. The zero-order valence-corrected chi connectivity index (χ0v) is 15.4. The van der Waals surface area contributed by atoms with Gasteiger partial charge in [0, 0.05) is 5.56 Å². The third-order valence-corrected chi connectivity index (χ3v) is 4.20. The van der Waals surface area contributed by atoms with Crippen LogP contribution in [0, 0.1) is 0 Å². The van der Waals surface area contributed by atoms with E-state index >= 15 is 0 Å². The zero-order valence-electron chi connectivity index (χ0n) is 14.6. The number of rotatable bonds is 4. The fourth-order valence-electron chi connectivity index (χ4n) is 2.22. The van der Waals surface area contributed by atoms with Gasteiger partial charge >= 0.3 is 6.09 Å². The van der Waals surface area contributed by atoms with Crippen LogP contribution in [0.1, 0.15) is 36.0 Å². The standard InChI is InChI=1S/C19H18N2O4S/c1-19(2,3)25-18(23)21-17-20-14(13-10-7-11-24-13)16(26-17)15(22)12-8-5-4-6-9-12/h4-11H,1-3H3,(H,20,21,23). The summed E-state index contributed by atoms with van der Waals surface area (Å²) in [6.45, 7) is 5.31. The number of benzene rings is 1. The second kappa shape index (κ2) is 7.13. The van der Waals surface area contributed by atoms with Gasteiger partial charge in [-0.25, -0.2) is 9.78 Å². The molecule has 7 heteroatoms. The maximum atomic E-state index is 12.9. The number of anilines is 1. The number of furan rings is 1. The van der Waals surface area contributed by atoms with Crippen LogP contribution in [-0.4, -0.2) is 22.5 Å². The molecule has 0 bridgehead atoms. The molecule has 0 unspecified atom stereocenters. The van der Waals surface area contributed by atoms with Gasteiger partial charge in [0.15, 0.2) is 10.9 Å². The maximum Gasteiger partial charge on any atom is 0.413 e. The minimum atomic E-state index is -0.631. The van der Waals surface area contributed by atoms with Crippen LogP contribution in [-0.2, 0) is 4.74 Å². The predicted molar refractivity (Wildman–Crippen MR) is 99.5 cm³/mol. The molecule has 0 atom stereocenters. The summed E-state index contributed by atoms with van der Waals surface area (Å²) in [6, 6.07) is 12.3. The maximum absolute atomic E-state index is 12.9. The van der Waals surface area contributed by atoms with Gasteiger partial charge in [0.1, 0.15) is 16.2 Å². The molecule has 134 valence electrons. The smallest absolute Gasteiger partial charge is 0.413 e. The Balaban J connectivity index is 1.94. The summed E-state index contributed by atoms with van der Waals surface area (Å²) in [6.07, 6.45) is 0.878. The molecule has 2 heterocycles. The van der Waals surface area contributed by atoms with Crippen LogP contribution in [0.2, 0.25) is 0 Å². The molecule has 0 saturated carbocycles. The van der Waals surface area contributed by atoms with Gasteiger partial charge in [0.25, 0.3) is 0 Å². The van der Waals surface area contributed by atoms with E-state index in [0.29, 0.717) is 21.9 Å². The number of hydrogen-bond acceptors (Lipinski definition) is 6. The lowest BCUT2D eigenvalue weighted by molar-refractivity contribution is 0.0635. The fourth-order valence-corrected chi connectivity index (χ4v) is 3.14. The van der Waals surface area contributed by atoms with Crippen LogP contribution in [0.4, 0.5) is 9.93 Å². The monoisotopic (exact) mass is 370 g/mol. The lowest BCUT2D eigenvalue weighted by atomic mass is 10.1. The van der Waals surface area contributed by atoms with Gasteiger partial charge in [0.2, 0.25) is 5.78 Å². The molecule has 0 aliphatic heterocycles. The van der Waals surface area contributed by atoms with Gasteiger partial charge in [-0.15, -0.1) is 0 Å². The van der Waals surface area contributed by atoms with Crippen molar-refractivity contribution in [1.82, 2.24) is 4.98 Å². The Labute approximate surface area is 154 Å². The molecule has 2 aromatic heterocycles. The Morgan fingerprint density at radius 2 is 1.85 bits per heavy atom. The van der Waals surface area contributed by atoms with Crippen molar-refractivity contribution < 1.29 is 18.7 Å². The summed E-state index contributed by atoms with van der Waals surface area (Å²) in [7, 11) is 0. The molecule has 1 N–H and O–H groups in total. The van der Waals surface area contributed by atoms with Crippen molar-refractivity contribution in [2.45, 2.75) is 26.4 Å². The quantitative estimate of drug-likeness (QED) is 0.655. The summed E-state index contributed by atoms with van der Waals surface area (Å²) >= 11 is 1.08. The van der Waals surface area contributed by atoms with Gasteiger partial charge in [-0.05, 0) is 32.9 Å². The number of nitrogens with one attached hydrogen (secondary N) is 1. The Kier molecular flexibility index (Phi) is 4.90. The average Bonchev–Trinajstić information content (AvgIpc) is 3.22. The number of nitrogens with zero attached hydrogens (tertiary/aromatic N) is 1. The van der Waals surface area contributed by atoms with Crippen molar-refractivity contribution in [1.29, 1.82) is 0 Å². The number of hydrogen-bond donors (Lipinski definition) is 1. The summed E-state index contributed by atoms with van der Waals surface area (Å²) < 4.78 is 10.6. The number of amides is 1. The van der Waals surface area contributed by atoms with E-state index in [9.17, 15) is 9.59 Å². The minimum Gasteiger partial charge on any atom is -0.463 e. The molecule has 0 fully saturated rings. The van der Waals surface area contributed by atoms with Crippen LogP contribution >= 0.6 is 11.3 Å². The molecule has 0 aliphatic carbocycles. The summed E-state index contributed by atoms with van der Waals surface area (Å²) in [4.78, 5) is 29.6. The minimum absolute atomic E-state index is 0.188. The number of carbonyl (C=O) groups excluding carboxylic acids is 2. The molecule has 3 rings (SSSR count). The molecule has 1 aromatic carbocycles. The van der Waals surface area contributed by atoms with Gasteiger partial charge < -0.3 is 9.15 Å². The van der Waals surface area contributed by atoms with E-state index in [0.717, 1.165) is 11.3 Å². The van der Waals surface area contributed by atoms with E-state index in [1.165, 1.54) is 6.26 Å². The molecule has 26 heavy (non-hydrogen) atoms. The van der Waals surface area contributed by atoms with E-state index in [-0.39, 0.29) is 10.9 Å². The molecule has 0 aliphatic rings. The highest BCUT2D eigenvalue weighted by molar-refractivity contribution is 7.18. The fraction of sp³-hybridized carbons (Fsp3) is 0.211. The second-order valence-corrected chi connectivity index (χ2v) is 7.50. The predicted octanol–water partition coefficient (Wildman–Crippen LogP) is 4.98. The average molecular weight is 370 g/mol. The van der Waals surface area contributed by atoms with Crippen LogP contribution in [0.15, 0.2) is 53.1 Å². The molecular formula is C19H18N2O4S. The number of aromatic nitrogens is 1. The van der Waals surface area contributed by atoms with Crippen molar-refractivity contribution in [3.63, 3.8) is 0 Å². The van der Waals surface area contributed by atoms with Crippen LogP contribution in [0.3, 0.4) is 0 Å². The SMILES string of the molecule is CC(C)(C)OC(=O)Nc1nc(-c2ccco2)c(C(=O)c2ccccc2)s1. The van der Waals surface area contributed by atoms with E-state index in [1.807, 2.05) is 6.07 Å². The Morgan fingerprint density at radius 3 is 2.46 bits per heavy atom. The van der Waals surface area contributed by atoms with E-state index < -0.39 is 11.7 Å². The van der Waals surface area contributed by atoms with Crippen molar-refractivity contribution in [3.05, 3.63) is 59.2 Å². The first-order chi connectivity index (χ1) is 12.3. The normalized spacial score (nSPS) is 11.2. The third kappa shape index (κ3) is 4.18. The highest BCUT2D eigenvalue weighted by Gasteiger charge is 2.24. The largest absolute Gasteiger partial charge is 0.463 e. The van der Waals surface area contributed by atoms with Gasteiger partial charge in [-0.1, -0.05) is 41.7 Å². The number of carbonyl (C=O) groups is 2. The molecule has 0 spiro atoms. The highest BCUT2D eigenvalue weighted by Crippen LogP contribution is 2.33. The Hall–Kier alpha value is -2.93. The number of ether oxygens (including phenoxy) is 1. The van der Waals surface area contributed by atoms with Crippen LogP contribution in [0.5, 0.6) is 0 Å². The summed E-state index contributed by atoms with van der Waals surface area (Å²) in [5.74, 6) is 0.268. The summed E-state index contributed by atoms with van der Waals surface area (Å²) in [5, 5.41) is 2.85. The lowest BCUT2D eigenvalue weighted by Gasteiger charge is -2.18. The highest BCUT2D eigenvalue weighted by atomic mass is 32.1. The molecular weight excluding hydrogens is 352 g/mol. The first-order valence-electron chi connectivity index (χ1n) is 7.98. The second-order valence-electron chi connectivity index (χ2n) is 6.50. The van der Waals surface area contributed by atoms with Crippen molar-refractivity contribution >= 4 is 28.3 Å². The molecule has 0 saturated heterocycles.